The molecule has 0 saturated heterocycles. The van der Waals surface area contributed by atoms with E-state index in [0.29, 0.717) is 17.1 Å². The second-order valence-corrected chi connectivity index (χ2v) is 5.69. The monoisotopic (exact) mass is 306 g/mol. The van der Waals surface area contributed by atoms with Crippen LogP contribution in [0.2, 0.25) is 0 Å². The Kier molecular flexibility index (Phi) is 4.74. The van der Waals surface area contributed by atoms with Crippen LogP contribution in [0.3, 0.4) is 0 Å². The molecule has 0 aliphatic heterocycles. The summed E-state index contributed by atoms with van der Waals surface area (Å²) in [5, 5.41) is 4.13. The summed E-state index contributed by atoms with van der Waals surface area (Å²) in [7, 11) is 1.33. The maximum Gasteiger partial charge on any atom is 0.341 e. The lowest BCUT2D eigenvalue weighted by Crippen LogP contribution is -2.13. The summed E-state index contributed by atoms with van der Waals surface area (Å²) in [5.41, 5.74) is 6.40. The molecule has 112 valence electrons. The number of anilines is 2. The molecule has 0 aromatic carbocycles. The van der Waals surface area contributed by atoms with Gasteiger partial charge in [0, 0.05) is 11.1 Å². The van der Waals surface area contributed by atoms with Crippen LogP contribution in [-0.4, -0.2) is 23.0 Å². The van der Waals surface area contributed by atoms with Crippen molar-refractivity contribution in [2.75, 3.05) is 18.2 Å². The SMILES string of the molecule is CCc1cnc(C(C)Nc2ncc(N)cc2C(=O)OC)s1. The Balaban J connectivity index is 2.24. The number of carbonyl (C=O) groups is 1. The fourth-order valence-corrected chi connectivity index (χ4v) is 2.67. The number of nitrogen functional groups attached to an aromatic ring is 1. The smallest absolute Gasteiger partial charge is 0.341 e. The average molecular weight is 306 g/mol. The molecule has 0 aliphatic rings. The first kappa shape index (κ1) is 15.2. The number of thiazole rings is 1. The molecule has 0 radical (unpaired) electrons. The Labute approximate surface area is 127 Å². The van der Waals surface area contributed by atoms with Crippen LogP contribution in [0.15, 0.2) is 18.5 Å². The molecule has 2 rings (SSSR count). The van der Waals surface area contributed by atoms with Gasteiger partial charge in [0.1, 0.15) is 16.4 Å². The molecule has 0 aliphatic carbocycles. The average Bonchev–Trinajstić information content (AvgIpc) is 2.97. The van der Waals surface area contributed by atoms with E-state index in [1.54, 1.807) is 17.4 Å². The second kappa shape index (κ2) is 6.53. The van der Waals surface area contributed by atoms with Crippen LogP contribution in [0.4, 0.5) is 11.5 Å². The lowest BCUT2D eigenvalue weighted by Gasteiger charge is -2.14. The van der Waals surface area contributed by atoms with E-state index in [0.717, 1.165) is 11.4 Å². The highest BCUT2D eigenvalue weighted by Gasteiger charge is 2.17. The van der Waals surface area contributed by atoms with E-state index in [-0.39, 0.29) is 6.04 Å². The number of carbonyl (C=O) groups excluding carboxylic acids is 1. The topological polar surface area (TPSA) is 90.1 Å². The summed E-state index contributed by atoms with van der Waals surface area (Å²) < 4.78 is 4.75. The third-order valence-corrected chi connectivity index (χ3v) is 4.28. The van der Waals surface area contributed by atoms with Gasteiger partial charge in [-0.05, 0) is 19.4 Å². The molecule has 0 fully saturated rings. The first-order valence-corrected chi connectivity index (χ1v) is 7.41. The molecule has 0 saturated carbocycles. The number of hydrogen-bond donors (Lipinski definition) is 2. The highest BCUT2D eigenvalue weighted by Crippen LogP contribution is 2.25. The van der Waals surface area contributed by atoms with Crippen molar-refractivity contribution in [3.05, 3.63) is 33.9 Å². The van der Waals surface area contributed by atoms with Crippen LogP contribution in [-0.2, 0) is 11.2 Å². The van der Waals surface area contributed by atoms with Gasteiger partial charge in [-0.1, -0.05) is 6.92 Å². The number of ether oxygens (including phenoxy) is 1. The van der Waals surface area contributed by atoms with Crippen molar-refractivity contribution in [1.29, 1.82) is 0 Å². The predicted octanol–water partition coefficient (Wildman–Crippen LogP) is 2.64. The molecule has 3 N–H and O–H groups in total. The molecule has 2 aromatic rings. The Morgan fingerprint density at radius 3 is 2.86 bits per heavy atom. The minimum atomic E-state index is -0.474. The van der Waals surface area contributed by atoms with Crippen LogP contribution >= 0.6 is 11.3 Å². The van der Waals surface area contributed by atoms with Gasteiger partial charge in [0.15, 0.2) is 0 Å². The third-order valence-electron chi connectivity index (χ3n) is 2.96. The highest BCUT2D eigenvalue weighted by atomic mass is 32.1. The van der Waals surface area contributed by atoms with E-state index in [2.05, 4.69) is 22.2 Å². The molecule has 1 atom stereocenters. The van der Waals surface area contributed by atoms with Gasteiger partial charge in [-0.25, -0.2) is 14.8 Å². The van der Waals surface area contributed by atoms with E-state index >= 15 is 0 Å². The molecule has 6 nitrogen and oxygen atoms in total. The number of nitrogens with one attached hydrogen (secondary N) is 1. The summed E-state index contributed by atoms with van der Waals surface area (Å²) in [6.07, 6.45) is 4.33. The maximum absolute atomic E-state index is 11.8. The van der Waals surface area contributed by atoms with E-state index in [1.165, 1.54) is 18.2 Å². The van der Waals surface area contributed by atoms with Gasteiger partial charge in [-0.2, -0.15) is 0 Å². The molecular formula is C14H18N4O2S. The fraction of sp³-hybridized carbons (Fsp3) is 0.357. The number of aryl methyl sites for hydroxylation is 1. The molecule has 7 heteroatoms. The van der Waals surface area contributed by atoms with Crippen LogP contribution in [0.25, 0.3) is 0 Å². The van der Waals surface area contributed by atoms with Crippen molar-refractivity contribution >= 4 is 28.8 Å². The summed E-state index contributed by atoms with van der Waals surface area (Å²) in [4.78, 5) is 21.6. The molecule has 0 amide bonds. The number of methoxy groups -OCH3 is 1. The predicted molar refractivity (Wildman–Crippen MR) is 83.5 cm³/mol. The van der Waals surface area contributed by atoms with Gasteiger partial charge >= 0.3 is 5.97 Å². The highest BCUT2D eigenvalue weighted by molar-refractivity contribution is 7.11. The minimum absolute atomic E-state index is 0.0603. The van der Waals surface area contributed by atoms with Crippen LogP contribution in [0, 0.1) is 0 Å². The molecule has 21 heavy (non-hydrogen) atoms. The molecule has 0 spiro atoms. The van der Waals surface area contributed by atoms with Gasteiger partial charge in [0.05, 0.1) is 25.0 Å². The minimum Gasteiger partial charge on any atom is -0.465 e. The molecule has 2 aromatic heterocycles. The van der Waals surface area contributed by atoms with Crippen LogP contribution in [0.1, 0.15) is 40.1 Å². The Morgan fingerprint density at radius 1 is 1.48 bits per heavy atom. The Bertz CT molecular complexity index is 642. The largest absolute Gasteiger partial charge is 0.465 e. The van der Waals surface area contributed by atoms with Crippen molar-refractivity contribution in [3.63, 3.8) is 0 Å². The summed E-state index contributed by atoms with van der Waals surface area (Å²) in [5.74, 6) is -0.0327. The van der Waals surface area contributed by atoms with E-state index in [4.69, 9.17) is 10.5 Å². The number of hydrogen-bond acceptors (Lipinski definition) is 7. The normalized spacial score (nSPS) is 12.0. The lowest BCUT2D eigenvalue weighted by molar-refractivity contribution is 0.0601. The standard InChI is InChI=1S/C14H18N4O2S/c1-4-10-7-17-13(21-10)8(2)18-12-11(14(19)20-3)5-9(15)6-16-12/h5-8H,4,15H2,1-3H3,(H,16,18). The number of rotatable bonds is 5. The molecule has 1 unspecified atom stereocenters. The van der Waals surface area contributed by atoms with Crippen LogP contribution < -0.4 is 11.1 Å². The number of pyridine rings is 1. The van der Waals surface area contributed by atoms with Crippen LogP contribution in [0.5, 0.6) is 0 Å². The van der Waals surface area contributed by atoms with Crippen molar-refractivity contribution in [3.8, 4) is 0 Å². The fourth-order valence-electron chi connectivity index (χ4n) is 1.81. The summed E-state index contributed by atoms with van der Waals surface area (Å²) in [6, 6.07) is 1.49. The zero-order chi connectivity index (χ0) is 15.4. The zero-order valence-electron chi connectivity index (χ0n) is 12.2. The number of nitrogens with zero attached hydrogens (tertiary/aromatic N) is 2. The van der Waals surface area contributed by atoms with Gasteiger partial charge in [-0.15, -0.1) is 11.3 Å². The van der Waals surface area contributed by atoms with Gasteiger partial charge in [-0.3, -0.25) is 0 Å². The quantitative estimate of drug-likeness (QED) is 0.825. The van der Waals surface area contributed by atoms with Crippen molar-refractivity contribution < 1.29 is 9.53 Å². The van der Waals surface area contributed by atoms with Gasteiger partial charge in [0.25, 0.3) is 0 Å². The second-order valence-electron chi connectivity index (χ2n) is 4.54. The molecular weight excluding hydrogens is 288 g/mol. The summed E-state index contributed by atoms with van der Waals surface area (Å²) >= 11 is 1.64. The molecule has 0 bridgehead atoms. The first-order chi connectivity index (χ1) is 10.0. The van der Waals surface area contributed by atoms with E-state index < -0.39 is 5.97 Å². The van der Waals surface area contributed by atoms with E-state index in [9.17, 15) is 4.79 Å². The number of aromatic nitrogens is 2. The van der Waals surface area contributed by atoms with E-state index in [1.807, 2.05) is 13.1 Å². The zero-order valence-corrected chi connectivity index (χ0v) is 13.0. The Morgan fingerprint density at radius 2 is 2.24 bits per heavy atom. The Hall–Kier alpha value is -2.15. The summed E-state index contributed by atoms with van der Waals surface area (Å²) in [6.45, 7) is 4.06. The van der Waals surface area contributed by atoms with Gasteiger partial charge < -0.3 is 15.8 Å². The van der Waals surface area contributed by atoms with Crippen molar-refractivity contribution in [2.24, 2.45) is 0 Å². The number of nitrogens with two attached hydrogens (primary N) is 1. The molecule has 2 heterocycles. The van der Waals surface area contributed by atoms with Crippen molar-refractivity contribution in [1.82, 2.24) is 9.97 Å². The first-order valence-electron chi connectivity index (χ1n) is 6.60. The lowest BCUT2D eigenvalue weighted by atomic mass is 10.2. The number of esters is 1. The van der Waals surface area contributed by atoms with Gasteiger partial charge in [0.2, 0.25) is 0 Å². The third kappa shape index (κ3) is 3.49. The maximum atomic E-state index is 11.8. The van der Waals surface area contributed by atoms with Crippen molar-refractivity contribution in [2.45, 2.75) is 26.3 Å².